The number of carboxylic acids is 1. The van der Waals surface area contributed by atoms with Crippen molar-refractivity contribution in [2.75, 3.05) is 11.8 Å². The molecule has 0 atom stereocenters. The van der Waals surface area contributed by atoms with Crippen LogP contribution in [0, 0.1) is 6.92 Å². The lowest BCUT2D eigenvalue weighted by Gasteiger charge is -2.27. The average Bonchev–Trinajstić information content (AvgIpc) is 3.05. The number of aromatic carboxylic acids is 1. The van der Waals surface area contributed by atoms with Gasteiger partial charge in [-0.05, 0) is 44.7 Å². The molecule has 0 bridgehead atoms. The van der Waals surface area contributed by atoms with Gasteiger partial charge in [-0.3, -0.25) is 9.82 Å². The zero-order valence-electron chi connectivity index (χ0n) is 15.2. The van der Waals surface area contributed by atoms with Crippen LogP contribution in [0.25, 0.3) is 0 Å². The van der Waals surface area contributed by atoms with Crippen molar-refractivity contribution in [1.29, 1.82) is 0 Å². The van der Waals surface area contributed by atoms with Gasteiger partial charge in [0.15, 0.2) is 5.69 Å². The average molecular weight is 393 g/mol. The number of hydrogen-bond donors (Lipinski definition) is 3. The molecule has 3 N–H and O–H groups in total. The van der Waals surface area contributed by atoms with Crippen LogP contribution in [0.3, 0.4) is 0 Å². The first-order chi connectivity index (χ1) is 12.8. The maximum absolute atomic E-state index is 12.8. The number of aromatic amines is 1. The molecule has 1 aromatic heterocycles. The molecule has 1 aliphatic carbocycles. The molecule has 0 amide bonds. The fourth-order valence-electron chi connectivity index (χ4n) is 3.41. The highest BCUT2D eigenvalue weighted by atomic mass is 32.2. The van der Waals surface area contributed by atoms with Gasteiger partial charge in [-0.15, -0.1) is 0 Å². The van der Waals surface area contributed by atoms with Crippen molar-refractivity contribution >= 4 is 21.7 Å². The minimum Gasteiger partial charge on any atom is -0.476 e. The van der Waals surface area contributed by atoms with Crippen molar-refractivity contribution in [3.05, 3.63) is 41.2 Å². The van der Waals surface area contributed by atoms with Gasteiger partial charge in [0.05, 0.1) is 16.7 Å². The van der Waals surface area contributed by atoms with E-state index >= 15 is 0 Å². The molecular formula is C18H23N3O5S. The Balaban J connectivity index is 1.93. The maximum atomic E-state index is 12.8. The minimum absolute atomic E-state index is 0.00674. The highest BCUT2D eigenvalue weighted by Crippen LogP contribution is 2.38. The van der Waals surface area contributed by atoms with Crippen LogP contribution < -0.4 is 4.72 Å². The van der Waals surface area contributed by atoms with E-state index in [-0.39, 0.29) is 28.3 Å². The second kappa shape index (κ2) is 7.69. The monoisotopic (exact) mass is 393 g/mol. The number of ether oxygens (including phenoxy) is 1. The van der Waals surface area contributed by atoms with Crippen molar-refractivity contribution in [3.63, 3.8) is 0 Å². The summed E-state index contributed by atoms with van der Waals surface area (Å²) >= 11 is 0. The van der Waals surface area contributed by atoms with Crippen LogP contribution >= 0.6 is 0 Å². The van der Waals surface area contributed by atoms with E-state index in [9.17, 15) is 18.3 Å². The van der Waals surface area contributed by atoms with Crippen LogP contribution in [0.15, 0.2) is 29.2 Å². The van der Waals surface area contributed by atoms with Gasteiger partial charge in [-0.1, -0.05) is 17.7 Å². The van der Waals surface area contributed by atoms with Gasteiger partial charge in [0.1, 0.15) is 5.69 Å². The first-order valence-corrected chi connectivity index (χ1v) is 10.2. The zero-order valence-corrected chi connectivity index (χ0v) is 16.0. The molecule has 0 spiro atoms. The molecule has 1 aliphatic rings. The third-order valence-electron chi connectivity index (χ3n) is 4.98. The van der Waals surface area contributed by atoms with E-state index in [1.807, 2.05) is 6.92 Å². The summed E-state index contributed by atoms with van der Waals surface area (Å²) in [6.07, 6.45) is 3.35. The first-order valence-electron chi connectivity index (χ1n) is 8.75. The summed E-state index contributed by atoms with van der Waals surface area (Å²) in [6.45, 7) is 1.86. The fourth-order valence-corrected chi connectivity index (χ4v) is 4.49. The Morgan fingerprint density at radius 2 is 1.85 bits per heavy atom. The first kappa shape index (κ1) is 19.4. The number of hydrogen-bond acceptors (Lipinski definition) is 5. The molecule has 1 heterocycles. The van der Waals surface area contributed by atoms with Gasteiger partial charge >= 0.3 is 5.97 Å². The standard InChI is InChI=1S/C18H23N3O5S/c1-11-3-9-14(10-4-11)27(24,25)21-16-15(19-20-17(16)18(22)23)12-5-7-13(26-2)8-6-12/h3-4,9-10,12-13,21H,5-8H2,1-2H3,(H,19,20)(H,22,23). The third kappa shape index (κ3) is 4.14. The summed E-state index contributed by atoms with van der Waals surface area (Å²) < 4.78 is 33.3. The van der Waals surface area contributed by atoms with Crippen LogP contribution in [0.1, 0.15) is 53.3 Å². The normalized spacial score (nSPS) is 20.4. The third-order valence-corrected chi connectivity index (χ3v) is 6.35. The van der Waals surface area contributed by atoms with Gasteiger partial charge < -0.3 is 9.84 Å². The molecule has 1 aromatic carbocycles. The van der Waals surface area contributed by atoms with Gasteiger partial charge in [-0.2, -0.15) is 5.10 Å². The summed E-state index contributed by atoms with van der Waals surface area (Å²) in [5.41, 5.74) is 1.13. The number of H-pyrrole nitrogens is 1. The number of benzene rings is 1. The number of anilines is 1. The second-order valence-electron chi connectivity index (χ2n) is 6.79. The molecule has 146 valence electrons. The summed E-state index contributed by atoms with van der Waals surface area (Å²) in [6, 6.07) is 6.35. The van der Waals surface area contributed by atoms with E-state index in [0.717, 1.165) is 31.2 Å². The summed E-state index contributed by atoms with van der Waals surface area (Å²) in [5, 5.41) is 16.0. The molecule has 1 saturated carbocycles. The number of aryl methyl sites for hydroxylation is 1. The predicted molar refractivity (Wildman–Crippen MR) is 99.5 cm³/mol. The fraction of sp³-hybridized carbons (Fsp3) is 0.444. The zero-order chi connectivity index (χ0) is 19.6. The van der Waals surface area contributed by atoms with Crippen molar-refractivity contribution in [2.24, 2.45) is 0 Å². The molecule has 0 saturated heterocycles. The van der Waals surface area contributed by atoms with Crippen LogP contribution in [-0.4, -0.2) is 42.9 Å². The summed E-state index contributed by atoms with van der Waals surface area (Å²) in [5.74, 6) is -1.29. The predicted octanol–water partition coefficient (Wildman–Crippen LogP) is 2.89. The molecule has 27 heavy (non-hydrogen) atoms. The van der Waals surface area contributed by atoms with E-state index in [4.69, 9.17) is 4.74 Å². The lowest BCUT2D eigenvalue weighted by molar-refractivity contribution is 0.0655. The molecule has 9 heteroatoms. The number of aromatic nitrogens is 2. The SMILES string of the molecule is COC1CCC(c2[nH]nc(C(=O)O)c2NS(=O)(=O)c2ccc(C)cc2)CC1. The Kier molecular flexibility index (Phi) is 5.52. The molecule has 1 fully saturated rings. The van der Waals surface area contributed by atoms with Crippen LogP contribution in [0.4, 0.5) is 5.69 Å². The van der Waals surface area contributed by atoms with Gasteiger partial charge in [-0.25, -0.2) is 13.2 Å². The minimum atomic E-state index is -3.93. The highest BCUT2D eigenvalue weighted by Gasteiger charge is 2.31. The van der Waals surface area contributed by atoms with Crippen LogP contribution in [-0.2, 0) is 14.8 Å². The molecule has 2 aromatic rings. The Morgan fingerprint density at radius 1 is 1.22 bits per heavy atom. The van der Waals surface area contributed by atoms with Crippen LogP contribution in [0.2, 0.25) is 0 Å². The number of methoxy groups -OCH3 is 1. The Labute approximate surface area is 158 Å². The summed E-state index contributed by atoms with van der Waals surface area (Å²) in [7, 11) is -2.26. The van der Waals surface area contributed by atoms with Crippen LogP contribution in [0.5, 0.6) is 0 Å². The topological polar surface area (TPSA) is 121 Å². The highest BCUT2D eigenvalue weighted by molar-refractivity contribution is 7.92. The second-order valence-corrected chi connectivity index (χ2v) is 8.48. The molecule has 8 nitrogen and oxygen atoms in total. The van der Waals surface area contributed by atoms with Gasteiger partial charge in [0, 0.05) is 13.0 Å². The largest absolute Gasteiger partial charge is 0.476 e. The number of nitrogens with zero attached hydrogens (tertiary/aromatic N) is 1. The van der Waals surface area contributed by atoms with E-state index in [0.29, 0.717) is 5.69 Å². The van der Waals surface area contributed by atoms with E-state index in [1.54, 1.807) is 19.2 Å². The quantitative estimate of drug-likeness (QED) is 0.694. The number of carbonyl (C=O) groups is 1. The van der Waals surface area contributed by atoms with Crippen molar-refractivity contribution < 1.29 is 23.1 Å². The number of nitrogens with one attached hydrogen (secondary N) is 2. The van der Waals surface area contributed by atoms with E-state index in [1.165, 1.54) is 12.1 Å². The van der Waals surface area contributed by atoms with Gasteiger partial charge in [0.25, 0.3) is 10.0 Å². The van der Waals surface area contributed by atoms with E-state index < -0.39 is 16.0 Å². The van der Waals surface area contributed by atoms with Crippen molar-refractivity contribution in [3.8, 4) is 0 Å². The Hall–Kier alpha value is -2.39. The van der Waals surface area contributed by atoms with Crippen molar-refractivity contribution in [1.82, 2.24) is 10.2 Å². The number of carboxylic acid groups (broad SMARTS) is 1. The number of sulfonamides is 1. The maximum Gasteiger partial charge on any atom is 0.358 e. The Morgan fingerprint density at radius 3 is 2.41 bits per heavy atom. The molecular weight excluding hydrogens is 370 g/mol. The van der Waals surface area contributed by atoms with E-state index in [2.05, 4.69) is 14.9 Å². The summed E-state index contributed by atoms with van der Waals surface area (Å²) in [4.78, 5) is 11.6. The Bertz CT molecular complexity index is 913. The number of rotatable bonds is 6. The molecule has 0 unspecified atom stereocenters. The molecule has 0 aliphatic heterocycles. The lowest BCUT2D eigenvalue weighted by Crippen LogP contribution is -2.21. The van der Waals surface area contributed by atoms with Gasteiger partial charge in [0.2, 0.25) is 0 Å². The molecule has 0 radical (unpaired) electrons. The van der Waals surface area contributed by atoms with Crippen molar-refractivity contribution in [2.45, 2.75) is 49.5 Å². The molecule has 3 rings (SSSR count). The smallest absolute Gasteiger partial charge is 0.358 e. The lowest BCUT2D eigenvalue weighted by atomic mass is 9.84.